The SMILES string of the molecule is Cc1nnc(C2CN(C(=O)c3nn(-c4ccccc4F)c4c3CCC4)CCO2)o1. The smallest absolute Gasteiger partial charge is 0.274 e. The van der Waals surface area contributed by atoms with Crippen molar-refractivity contribution in [2.24, 2.45) is 0 Å². The number of carbonyl (C=O) groups is 1. The first kappa shape index (κ1) is 18.0. The van der Waals surface area contributed by atoms with Crippen LogP contribution in [0.3, 0.4) is 0 Å². The first-order valence-corrected chi connectivity index (χ1v) is 9.68. The van der Waals surface area contributed by atoms with E-state index in [9.17, 15) is 9.18 Å². The van der Waals surface area contributed by atoms with Crippen LogP contribution in [0, 0.1) is 12.7 Å². The van der Waals surface area contributed by atoms with Gasteiger partial charge in [-0.3, -0.25) is 4.79 Å². The molecule has 1 aromatic carbocycles. The Morgan fingerprint density at radius 2 is 2.10 bits per heavy atom. The van der Waals surface area contributed by atoms with Crippen LogP contribution < -0.4 is 0 Å². The number of rotatable bonds is 3. The van der Waals surface area contributed by atoms with Crippen molar-refractivity contribution in [3.05, 3.63) is 58.8 Å². The molecule has 0 radical (unpaired) electrons. The third-order valence-electron chi connectivity index (χ3n) is 5.38. The number of fused-ring (bicyclic) bond motifs is 1. The quantitative estimate of drug-likeness (QED) is 0.675. The monoisotopic (exact) mass is 397 g/mol. The molecule has 1 amide bonds. The molecule has 0 bridgehead atoms. The van der Waals surface area contributed by atoms with Crippen molar-refractivity contribution in [2.75, 3.05) is 19.7 Å². The highest BCUT2D eigenvalue weighted by molar-refractivity contribution is 5.94. The first-order chi connectivity index (χ1) is 14.1. The van der Waals surface area contributed by atoms with E-state index in [4.69, 9.17) is 9.15 Å². The molecule has 5 rings (SSSR count). The molecule has 8 nitrogen and oxygen atoms in total. The number of morpholine rings is 1. The van der Waals surface area contributed by atoms with E-state index in [1.807, 2.05) is 0 Å². The lowest BCUT2D eigenvalue weighted by Crippen LogP contribution is -2.42. The fourth-order valence-electron chi connectivity index (χ4n) is 4.01. The molecule has 1 aliphatic heterocycles. The number of amides is 1. The van der Waals surface area contributed by atoms with Gasteiger partial charge in [-0.15, -0.1) is 10.2 Å². The van der Waals surface area contributed by atoms with E-state index in [1.165, 1.54) is 6.07 Å². The number of aryl methyl sites for hydroxylation is 1. The van der Waals surface area contributed by atoms with Crippen LogP contribution in [0.4, 0.5) is 4.39 Å². The molecule has 29 heavy (non-hydrogen) atoms. The second-order valence-corrected chi connectivity index (χ2v) is 7.26. The molecule has 9 heteroatoms. The van der Waals surface area contributed by atoms with Gasteiger partial charge in [-0.1, -0.05) is 12.1 Å². The zero-order valence-electron chi connectivity index (χ0n) is 16.0. The van der Waals surface area contributed by atoms with Gasteiger partial charge in [0.15, 0.2) is 11.8 Å². The minimum atomic E-state index is -0.462. The topological polar surface area (TPSA) is 86.3 Å². The summed E-state index contributed by atoms with van der Waals surface area (Å²) in [6.45, 7) is 2.83. The van der Waals surface area contributed by atoms with Gasteiger partial charge in [0.25, 0.3) is 5.91 Å². The highest BCUT2D eigenvalue weighted by atomic mass is 19.1. The van der Waals surface area contributed by atoms with Crippen LogP contribution in [0.2, 0.25) is 0 Å². The largest absolute Gasteiger partial charge is 0.423 e. The minimum Gasteiger partial charge on any atom is -0.423 e. The molecule has 0 spiro atoms. The van der Waals surface area contributed by atoms with Crippen LogP contribution in [0.1, 0.15) is 46.1 Å². The van der Waals surface area contributed by atoms with Gasteiger partial charge in [-0.25, -0.2) is 9.07 Å². The summed E-state index contributed by atoms with van der Waals surface area (Å²) in [4.78, 5) is 15.0. The second kappa shape index (κ2) is 7.07. The number of halogens is 1. The molecule has 3 heterocycles. The molecule has 150 valence electrons. The van der Waals surface area contributed by atoms with Crippen molar-refractivity contribution in [2.45, 2.75) is 32.3 Å². The summed E-state index contributed by atoms with van der Waals surface area (Å²) in [7, 11) is 0. The van der Waals surface area contributed by atoms with E-state index < -0.39 is 6.10 Å². The standard InChI is InChI=1S/C20H20FN5O3/c1-12-22-23-19(29-12)17-11-25(9-10-28-17)20(27)18-13-5-4-8-15(13)26(24-18)16-7-3-2-6-14(16)21/h2-3,6-7,17H,4-5,8-11H2,1H3. The van der Waals surface area contributed by atoms with Gasteiger partial charge in [-0.05, 0) is 31.4 Å². The Morgan fingerprint density at radius 1 is 1.24 bits per heavy atom. The molecule has 1 atom stereocenters. The van der Waals surface area contributed by atoms with Crippen molar-refractivity contribution < 1.29 is 18.3 Å². The van der Waals surface area contributed by atoms with Crippen molar-refractivity contribution in [3.63, 3.8) is 0 Å². The Bertz CT molecular complexity index is 1080. The summed E-state index contributed by atoms with van der Waals surface area (Å²) >= 11 is 0. The van der Waals surface area contributed by atoms with Crippen molar-refractivity contribution >= 4 is 5.91 Å². The molecule has 0 N–H and O–H groups in total. The third kappa shape index (κ3) is 3.11. The number of benzene rings is 1. The van der Waals surface area contributed by atoms with Crippen LogP contribution in [0.15, 0.2) is 28.7 Å². The number of aromatic nitrogens is 4. The lowest BCUT2D eigenvalue weighted by atomic mass is 10.1. The Kier molecular flexibility index (Phi) is 4.39. The zero-order chi connectivity index (χ0) is 20.0. The van der Waals surface area contributed by atoms with E-state index in [0.29, 0.717) is 42.9 Å². The average Bonchev–Trinajstić information content (AvgIpc) is 3.45. The maximum absolute atomic E-state index is 14.4. The van der Waals surface area contributed by atoms with Gasteiger partial charge >= 0.3 is 0 Å². The number of ether oxygens (including phenoxy) is 1. The van der Waals surface area contributed by atoms with Gasteiger partial charge < -0.3 is 14.1 Å². The molecule has 3 aromatic rings. The van der Waals surface area contributed by atoms with E-state index >= 15 is 0 Å². The molecule has 1 saturated heterocycles. The Hall–Kier alpha value is -3.07. The van der Waals surface area contributed by atoms with Crippen LogP contribution in [-0.2, 0) is 17.6 Å². The number of hydrogen-bond acceptors (Lipinski definition) is 6. The predicted octanol–water partition coefficient (Wildman–Crippen LogP) is 2.41. The lowest BCUT2D eigenvalue weighted by Gasteiger charge is -2.31. The molecule has 1 unspecified atom stereocenters. The normalized spacial score (nSPS) is 18.8. The molecular formula is C20H20FN5O3. The third-order valence-corrected chi connectivity index (χ3v) is 5.38. The van der Waals surface area contributed by atoms with E-state index in [2.05, 4.69) is 15.3 Å². The van der Waals surface area contributed by atoms with E-state index in [1.54, 1.807) is 34.7 Å². The zero-order valence-corrected chi connectivity index (χ0v) is 16.0. The van der Waals surface area contributed by atoms with Crippen LogP contribution >= 0.6 is 0 Å². The van der Waals surface area contributed by atoms with Gasteiger partial charge in [0, 0.05) is 24.7 Å². The first-order valence-electron chi connectivity index (χ1n) is 9.68. The van der Waals surface area contributed by atoms with Gasteiger partial charge in [0.05, 0.1) is 13.2 Å². The van der Waals surface area contributed by atoms with Gasteiger partial charge in [-0.2, -0.15) is 5.10 Å². The summed E-state index contributed by atoms with van der Waals surface area (Å²) in [5.74, 6) is 0.278. The maximum Gasteiger partial charge on any atom is 0.274 e. The fraction of sp³-hybridized carbons (Fsp3) is 0.400. The highest BCUT2D eigenvalue weighted by Crippen LogP contribution is 2.30. The Morgan fingerprint density at radius 3 is 2.90 bits per heavy atom. The number of para-hydroxylation sites is 1. The van der Waals surface area contributed by atoms with E-state index in [-0.39, 0.29) is 11.7 Å². The summed E-state index contributed by atoms with van der Waals surface area (Å²) in [6, 6.07) is 6.49. The molecular weight excluding hydrogens is 377 g/mol. The van der Waals surface area contributed by atoms with Crippen molar-refractivity contribution in [1.82, 2.24) is 24.9 Å². The Labute approximate surface area is 166 Å². The number of carbonyl (C=O) groups excluding carboxylic acids is 1. The van der Waals surface area contributed by atoms with Crippen molar-refractivity contribution in [1.29, 1.82) is 0 Å². The predicted molar refractivity (Wildman–Crippen MR) is 99.2 cm³/mol. The van der Waals surface area contributed by atoms with Gasteiger partial charge in [0.1, 0.15) is 11.5 Å². The van der Waals surface area contributed by atoms with Crippen LogP contribution in [-0.4, -0.2) is 50.5 Å². The lowest BCUT2D eigenvalue weighted by molar-refractivity contribution is -0.0351. The number of hydrogen-bond donors (Lipinski definition) is 0. The van der Waals surface area contributed by atoms with E-state index in [0.717, 1.165) is 30.5 Å². The Balaban J connectivity index is 1.46. The molecule has 2 aliphatic rings. The molecule has 1 aliphatic carbocycles. The van der Waals surface area contributed by atoms with Crippen molar-refractivity contribution in [3.8, 4) is 5.69 Å². The minimum absolute atomic E-state index is 0.178. The summed E-state index contributed by atoms with van der Waals surface area (Å²) in [6.07, 6.45) is 2.00. The highest BCUT2D eigenvalue weighted by Gasteiger charge is 2.34. The maximum atomic E-state index is 14.4. The summed E-state index contributed by atoms with van der Waals surface area (Å²) in [5.41, 5.74) is 2.58. The van der Waals surface area contributed by atoms with Crippen LogP contribution in [0.5, 0.6) is 0 Å². The molecule has 2 aromatic heterocycles. The average molecular weight is 397 g/mol. The number of nitrogens with zero attached hydrogens (tertiary/aromatic N) is 5. The second-order valence-electron chi connectivity index (χ2n) is 7.26. The summed E-state index contributed by atoms with van der Waals surface area (Å²) < 4.78 is 27.1. The fourth-order valence-corrected chi connectivity index (χ4v) is 4.01. The summed E-state index contributed by atoms with van der Waals surface area (Å²) in [5, 5.41) is 12.4. The molecule has 1 fully saturated rings. The van der Waals surface area contributed by atoms with Crippen LogP contribution in [0.25, 0.3) is 5.69 Å². The molecule has 0 saturated carbocycles. The van der Waals surface area contributed by atoms with Gasteiger partial charge in [0.2, 0.25) is 11.8 Å².